The Morgan fingerprint density at radius 2 is 1.82 bits per heavy atom. The summed E-state index contributed by atoms with van der Waals surface area (Å²) in [5, 5.41) is 18.6. The standard InChI is InChI=1S/C27H29NO5/c28-25(15-29)21-6-3-5-20(12-21)23-10-19(11-24(13-23)32-16-18-8-9-18)17-33-26-7-2-1-4-22(26)14-27(30)31/h1-7,10-13,18,25,29H,8-9,14-17,28H2,(H,30,31). The lowest BCUT2D eigenvalue weighted by molar-refractivity contribution is -0.136. The number of nitrogens with two attached hydrogens (primary N) is 1. The predicted molar refractivity (Wildman–Crippen MR) is 126 cm³/mol. The molecule has 0 heterocycles. The van der Waals surface area contributed by atoms with E-state index in [-0.39, 0.29) is 19.6 Å². The number of aliphatic hydroxyl groups is 1. The number of hydrogen-bond donors (Lipinski definition) is 3. The van der Waals surface area contributed by atoms with Crippen molar-refractivity contribution in [3.8, 4) is 22.6 Å². The van der Waals surface area contributed by atoms with Gasteiger partial charge in [-0.2, -0.15) is 0 Å². The van der Waals surface area contributed by atoms with Crippen molar-refractivity contribution in [1.82, 2.24) is 0 Å². The summed E-state index contributed by atoms with van der Waals surface area (Å²) >= 11 is 0. The molecule has 6 heteroatoms. The van der Waals surface area contributed by atoms with Crippen molar-refractivity contribution >= 4 is 5.97 Å². The first kappa shape index (κ1) is 22.8. The fourth-order valence-corrected chi connectivity index (χ4v) is 3.66. The minimum atomic E-state index is -0.898. The second-order valence-corrected chi connectivity index (χ2v) is 8.50. The smallest absolute Gasteiger partial charge is 0.307 e. The number of rotatable bonds is 11. The average molecular weight is 448 g/mol. The van der Waals surface area contributed by atoms with Crippen molar-refractivity contribution < 1.29 is 24.5 Å². The van der Waals surface area contributed by atoms with Gasteiger partial charge < -0.3 is 25.4 Å². The van der Waals surface area contributed by atoms with E-state index in [0.29, 0.717) is 23.8 Å². The summed E-state index contributed by atoms with van der Waals surface area (Å²) in [5.41, 5.74) is 10.4. The molecule has 1 fully saturated rings. The molecule has 3 aromatic carbocycles. The first-order chi connectivity index (χ1) is 16.0. The molecule has 172 valence electrons. The van der Waals surface area contributed by atoms with Crippen LogP contribution in [0.15, 0.2) is 66.7 Å². The van der Waals surface area contributed by atoms with E-state index in [4.69, 9.17) is 20.3 Å². The van der Waals surface area contributed by atoms with Crippen LogP contribution in [0, 0.1) is 5.92 Å². The zero-order valence-electron chi connectivity index (χ0n) is 18.4. The Bertz CT molecular complexity index is 1110. The third kappa shape index (κ3) is 6.34. The van der Waals surface area contributed by atoms with E-state index in [2.05, 4.69) is 0 Å². The zero-order chi connectivity index (χ0) is 23.2. The molecule has 6 nitrogen and oxygen atoms in total. The highest BCUT2D eigenvalue weighted by molar-refractivity contribution is 5.71. The average Bonchev–Trinajstić information content (AvgIpc) is 3.66. The number of carbonyl (C=O) groups is 1. The van der Waals surface area contributed by atoms with Crippen LogP contribution in [-0.2, 0) is 17.8 Å². The monoisotopic (exact) mass is 447 g/mol. The SMILES string of the molecule is NC(CO)c1cccc(-c2cc(COc3ccccc3CC(=O)O)cc(OCC3CC3)c2)c1. The number of benzene rings is 3. The molecule has 0 spiro atoms. The molecule has 0 amide bonds. The number of ether oxygens (including phenoxy) is 2. The van der Waals surface area contributed by atoms with Crippen LogP contribution in [0.4, 0.5) is 0 Å². The summed E-state index contributed by atoms with van der Waals surface area (Å²) in [7, 11) is 0. The number of aliphatic carboxylic acids is 1. The summed E-state index contributed by atoms with van der Waals surface area (Å²) < 4.78 is 12.1. The number of para-hydroxylation sites is 1. The molecule has 0 aromatic heterocycles. The van der Waals surface area contributed by atoms with Gasteiger partial charge in [-0.15, -0.1) is 0 Å². The second kappa shape index (κ2) is 10.5. The molecule has 0 radical (unpaired) electrons. The Balaban J connectivity index is 1.60. The van der Waals surface area contributed by atoms with E-state index in [9.17, 15) is 9.90 Å². The van der Waals surface area contributed by atoms with E-state index in [1.807, 2.05) is 48.5 Å². The normalized spacial score (nSPS) is 14.0. The van der Waals surface area contributed by atoms with E-state index in [1.54, 1.807) is 18.2 Å². The molecule has 33 heavy (non-hydrogen) atoms. The van der Waals surface area contributed by atoms with Gasteiger partial charge in [0.2, 0.25) is 0 Å². The lowest BCUT2D eigenvalue weighted by Crippen LogP contribution is -2.14. The van der Waals surface area contributed by atoms with E-state index >= 15 is 0 Å². The minimum absolute atomic E-state index is 0.0934. The lowest BCUT2D eigenvalue weighted by Gasteiger charge is -2.15. The van der Waals surface area contributed by atoms with Crippen molar-refractivity contribution in [1.29, 1.82) is 0 Å². The van der Waals surface area contributed by atoms with Crippen LogP contribution in [0.25, 0.3) is 11.1 Å². The summed E-state index contributed by atoms with van der Waals surface area (Å²) in [4.78, 5) is 11.2. The van der Waals surface area contributed by atoms with Gasteiger partial charge in [0.25, 0.3) is 0 Å². The largest absolute Gasteiger partial charge is 0.493 e. The van der Waals surface area contributed by atoms with Gasteiger partial charge in [-0.05, 0) is 71.3 Å². The third-order valence-electron chi connectivity index (χ3n) is 5.70. The molecule has 4 N–H and O–H groups in total. The molecule has 3 aromatic rings. The zero-order valence-corrected chi connectivity index (χ0v) is 18.4. The summed E-state index contributed by atoms with van der Waals surface area (Å²) in [6.07, 6.45) is 2.32. The summed E-state index contributed by atoms with van der Waals surface area (Å²) in [6.45, 7) is 0.851. The number of carboxylic acid groups (broad SMARTS) is 1. The number of aliphatic hydroxyl groups excluding tert-OH is 1. The van der Waals surface area contributed by atoms with Crippen molar-refractivity contribution in [2.24, 2.45) is 11.7 Å². The molecule has 1 aliphatic rings. The molecule has 1 saturated carbocycles. The van der Waals surface area contributed by atoms with Crippen LogP contribution >= 0.6 is 0 Å². The lowest BCUT2D eigenvalue weighted by atomic mass is 9.98. The molecule has 0 bridgehead atoms. The second-order valence-electron chi connectivity index (χ2n) is 8.50. The van der Waals surface area contributed by atoms with Gasteiger partial charge >= 0.3 is 5.97 Å². The van der Waals surface area contributed by atoms with Crippen LogP contribution < -0.4 is 15.2 Å². The van der Waals surface area contributed by atoms with Crippen LogP contribution in [0.2, 0.25) is 0 Å². The maximum atomic E-state index is 11.2. The van der Waals surface area contributed by atoms with Crippen molar-refractivity contribution in [2.75, 3.05) is 13.2 Å². The summed E-state index contributed by atoms with van der Waals surface area (Å²) in [5.74, 6) is 1.06. The molecule has 0 aliphatic heterocycles. The maximum Gasteiger partial charge on any atom is 0.307 e. The quantitative estimate of drug-likeness (QED) is 0.404. The van der Waals surface area contributed by atoms with Gasteiger partial charge in [0.1, 0.15) is 18.1 Å². The highest BCUT2D eigenvalue weighted by atomic mass is 16.5. The molecular weight excluding hydrogens is 418 g/mol. The first-order valence-electron chi connectivity index (χ1n) is 11.2. The van der Waals surface area contributed by atoms with Crippen molar-refractivity contribution in [3.63, 3.8) is 0 Å². The van der Waals surface area contributed by atoms with Gasteiger partial charge in [-0.1, -0.05) is 36.4 Å². The Kier molecular flexibility index (Phi) is 7.27. The molecule has 1 atom stereocenters. The molecule has 1 unspecified atom stereocenters. The number of hydrogen-bond acceptors (Lipinski definition) is 5. The van der Waals surface area contributed by atoms with Crippen LogP contribution in [-0.4, -0.2) is 29.4 Å². The number of carboxylic acids is 1. The van der Waals surface area contributed by atoms with Crippen molar-refractivity contribution in [3.05, 3.63) is 83.4 Å². The molecule has 4 rings (SSSR count). The predicted octanol–water partition coefficient (Wildman–Crippen LogP) is 4.34. The minimum Gasteiger partial charge on any atom is -0.493 e. The van der Waals surface area contributed by atoms with Crippen LogP contribution in [0.1, 0.15) is 35.6 Å². The highest BCUT2D eigenvalue weighted by Gasteiger charge is 2.22. The van der Waals surface area contributed by atoms with E-state index in [1.165, 1.54) is 12.8 Å². The van der Waals surface area contributed by atoms with Crippen LogP contribution in [0.5, 0.6) is 11.5 Å². The summed E-state index contributed by atoms with van der Waals surface area (Å²) in [6, 6.07) is 20.6. The van der Waals surface area contributed by atoms with Crippen molar-refractivity contribution in [2.45, 2.75) is 31.9 Å². The third-order valence-corrected chi connectivity index (χ3v) is 5.70. The van der Waals surface area contributed by atoms with Crippen LogP contribution in [0.3, 0.4) is 0 Å². The highest BCUT2D eigenvalue weighted by Crippen LogP contribution is 2.32. The van der Waals surface area contributed by atoms with Gasteiger partial charge in [0.05, 0.1) is 25.7 Å². The van der Waals surface area contributed by atoms with Gasteiger partial charge in [-0.3, -0.25) is 4.79 Å². The van der Waals surface area contributed by atoms with Gasteiger partial charge in [-0.25, -0.2) is 0 Å². The van der Waals surface area contributed by atoms with Gasteiger partial charge in [0, 0.05) is 5.56 Å². The van der Waals surface area contributed by atoms with E-state index < -0.39 is 12.0 Å². The molecule has 0 saturated heterocycles. The Morgan fingerprint density at radius 1 is 1.00 bits per heavy atom. The fraction of sp³-hybridized carbons (Fsp3) is 0.296. The molecular formula is C27H29NO5. The Hall–Kier alpha value is -3.35. The molecule has 1 aliphatic carbocycles. The Morgan fingerprint density at radius 3 is 2.58 bits per heavy atom. The van der Waals surface area contributed by atoms with Gasteiger partial charge in [0.15, 0.2) is 0 Å². The maximum absolute atomic E-state index is 11.2. The topological polar surface area (TPSA) is 102 Å². The fourth-order valence-electron chi connectivity index (χ4n) is 3.66. The van der Waals surface area contributed by atoms with E-state index in [0.717, 1.165) is 28.0 Å². The Labute approximate surface area is 193 Å². The first-order valence-corrected chi connectivity index (χ1v) is 11.2.